The molecule has 0 saturated carbocycles. The molecule has 5 N–H and O–H groups in total. The number of likely N-dealkylation sites (N-methyl/N-ethyl adjacent to an activating group) is 1. The van der Waals surface area contributed by atoms with E-state index in [0.29, 0.717) is 17.8 Å². The molecule has 5 heteroatoms. The minimum Gasteiger partial charge on any atom is -0.391 e. The molecule has 5 nitrogen and oxygen atoms in total. The van der Waals surface area contributed by atoms with Crippen molar-refractivity contribution in [3.05, 3.63) is 23.3 Å². The van der Waals surface area contributed by atoms with Crippen LogP contribution in [0.25, 0.3) is 0 Å². The van der Waals surface area contributed by atoms with Crippen molar-refractivity contribution in [1.82, 2.24) is 4.90 Å². The Kier molecular flexibility index (Phi) is 7.82. The number of hydrogen-bond acceptors (Lipinski definition) is 4. The van der Waals surface area contributed by atoms with Crippen LogP contribution in [0, 0.1) is 0 Å². The van der Waals surface area contributed by atoms with Gasteiger partial charge in [-0.1, -0.05) is 13.8 Å². The van der Waals surface area contributed by atoms with E-state index >= 15 is 0 Å². The van der Waals surface area contributed by atoms with Gasteiger partial charge in [0.05, 0.1) is 6.61 Å². The summed E-state index contributed by atoms with van der Waals surface area (Å²) < 4.78 is 0. The molecule has 0 bridgehead atoms. The second-order valence-electron chi connectivity index (χ2n) is 5.91. The minimum absolute atomic E-state index is 0.0425. The predicted molar refractivity (Wildman–Crippen MR) is 90.6 cm³/mol. The first kappa shape index (κ1) is 18.9. The number of hydrogen-bond donors (Lipinski definition) is 4. The Morgan fingerprint density at radius 2 is 2.05 bits per heavy atom. The van der Waals surface area contributed by atoms with Crippen LogP contribution < -0.4 is 10.8 Å². The van der Waals surface area contributed by atoms with Crippen molar-refractivity contribution in [1.29, 1.82) is 0 Å². The van der Waals surface area contributed by atoms with Gasteiger partial charge in [0, 0.05) is 35.9 Å². The molecule has 1 aromatic carbocycles. The summed E-state index contributed by atoms with van der Waals surface area (Å²) in [7, 11) is 2.14. The summed E-state index contributed by atoms with van der Waals surface area (Å²) >= 11 is 0. The zero-order chi connectivity index (χ0) is 16.7. The van der Waals surface area contributed by atoms with Crippen LogP contribution in [0.4, 0.5) is 11.4 Å². The Morgan fingerprint density at radius 1 is 1.36 bits per heavy atom. The molecule has 126 valence electrons. The molecular weight excluding hydrogens is 278 g/mol. The third-order valence-corrected chi connectivity index (χ3v) is 4.19. The fourth-order valence-electron chi connectivity index (χ4n) is 2.63. The molecule has 0 aliphatic carbocycles. The van der Waals surface area contributed by atoms with Gasteiger partial charge in [-0.05, 0) is 45.4 Å². The number of nitrogens with two attached hydrogens (primary N) is 1. The Labute approximate surface area is 134 Å². The maximum absolute atomic E-state index is 9.32. The summed E-state index contributed by atoms with van der Waals surface area (Å²) in [6, 6.07) is 4.90. The maximum Gasteiger partial charge on any atom is 0.169 e. The average molecular weight is 310 g/mol. The van der Waals surface area contributed by atoms with E-state index in [1.54, 1.807) is 0 Å². The molecule has 0 fully saturated rings. The van der Waals surface area contributed by atoms with Gasteiger partial charge in [0.15, 0.2) is 5.69 Å². The van der Waals surface area contributed by atoms with Gasteiger partial charge in [-0.15, -0.1) is 0 Å². The van der Waals surface area contributed by atoms with Crippen LogP contribution in [-0.4, -0.2) is 40.9 Å². The number of benzene rings is 1. The van der Waals surface area contributed by atoms with Crippen molar-refractivity contribution in [2.45, 2.75) is 59.2 Å². The monoisotopic (exact) mass is 310 g/mol. The van der Waals surface area contributed by atoms with Crippen molar-refractivity contribution in [3.8, 4) is 0 Å². The standard InChI is InChI=1S/C15H25N3O2.C2H6/c1-10(2)18(3)8-13-5-4-11-6-12(9-19)15(17-20)7-14(11)16-13;1-2/h6-7,10,13,16-17,19-20H,4-5,8-9H2,1-3H3;1-2H3/p+1. The molecule has 1 aliphatic rings. The molecule has 1 aliphatic heterocycles. The van der Waals surface area contributed by atoms with Gasteiger partial charge < -0.3 is 15.3 Å². The van der Waals surface area contributed by atoms with Gasteiger partial charge in [-0.3, -0.25) is 0 Å². The van der Waals surface area contributed by atoms with E-state index in [1.165, 1.54) is 5.56 Å². The lowest BCUT2D eigenvalue weighted by molar-refractivity contribution is -0.826. The molecule has 22 heavy (non-hydrogen) atoms. The van der Waals surface area contributed by atoms with Crippen molar-refractivity contribution in [2.75, 3.05) is 18.9 Å². The maximum atomic E-state index is 9.32. The second kappa shape index (κ2) is 9.10. The number of quaternary nitrogens is 1. The van der Waals surface area contributed by atoms with Crippen molar-refractivity contribution < 1.29 is 15.8 Å². The highest BCUT2D eigenvalue weighted by atomic mass is 16.5. The third-order valence-electron chi connectivity index (χ3n) is 4.19. The number of aliphatic hydroxyl groups is 1. The van der Waals surface area contributed by atoms with Crippen LogP contribution in [0.3, 0.4) is 0 Å². The largest absolute Gasteiger partial charge is 0.391 e. The number of rotatable bonds is 5. The lowest BCUT2D eigenvalue weighted by atomic mass is 9.95. The van der Waals surface area contributed by atoms with Gasteiger partial charge in [0.25, 0.3) is 0 Å². The molecule has 1 aromatic rings. The van der Waals surface area contributed by atoms with Crippen molar-refractivity contribution in [3.63, 3.8) is 0 Å². The van der Waals surface area contributed by atoms with Gasteiger partial charge >= 0.3 is 0 Å². The summed E-state index contributed by atoms with van der Waals surface area (Å²) in [6.07, 6.45) is 2.11. The number of aryl methyl sites for hydroxylation is 1. The van der Waals surface area contributed by atoms with Crippen LogP contribution >= 0.6 is 0 Å². The van der Waals surface area contributed by atoms with Crippen LogP contribution in [0.2, 0.25) is 0 Å². The Bertz CT molecular complexity index is 463. The highest BCUT2D eigenvalue weighted by Crippen LogP contribution is 2.29. The smallest absolute Gasteiger partial charge is 0.169 e. The average Bonchev–Trinajstić information content (AvgIpc) is 2.55. The Morgan fingerprint density at radius 3 is 2.59 bits per heavy atom. The van der Waals surface area contributed by atoms with Crippen LogP contribution in [0.15, 0.2) is 12.1 Å². The summed E-state index contributed by atoms with van der Waals surface area (Å²) in [6.45, 7) is 9.36. The first-order valence-electron chi connectivity index (χ1n) is 8.26. The van der Waals surface area contributed by atoms with Gasteiger partial charge in [0.2, 0.25) is 0 Å². The summed E-state index contributed by atoms with van der Waals surface area (Å²) in [5.41, 5.74) is 4.85. The lowest BCUT2D eigenvalue weighted by Crippen LogP contribution is -2.74. The summed E-state index contributed by atoms with van der Waals surface area (Å²) in [5, 5.41) is 22.1. The van der Waals surface area contributed by atoms with Crippen LogP contribution in [-0.2, 0) is 13.0 Å². The molecule has 0 amide bonds. The fourth-order valence-corrected chi connectivity index (χ4v) is 2.63. The van der Waals surface area contributed by atoms with Crippen molar-refractivity contribution in [2.24, 2.45) is 0 Å². The van der Waals surface area contributed by atoms with Crippen molar-refractivity contribution >= 4 is 11.4 Å². The van der Waals surface area contributed by atoms with E-state index in [1.807, 2.05) is 26.0 Å². The second-order valence-corrected chi connectivity index (χ2v) is 5.91. The molecular formula is C17H32N3O2+. The first-order chi connectivity index (χ1) is 10.5. The van der Waals surface area contributed by atoms with E-state index in [2.05, 4.69) is 31.1 Å². The number of anilines is 1. The lowest BCUT2D eigenvalue weighted by Gasteiger charge is -2.32. The first-order valence-corrected chi connectivity index (χ1v) is 8.26. The fraction of sp³-hybridized carbons (Fsp3) is 0.647. The van der Waals surface area contributed by atoms with E-state index in [0.717, 1.165) is 36.1 Å². The van der Waals surface area contributed by atoms with Crippen LogP contribution in [0.5, 0.6) is 0 Å². The van der Waals surface area contributed by atoms with E-state index in [-0.39, 0.29) is 6.61 Å². The van der Waals surface area contributed by atoms with E-state index < -0.39 is 0 Å². The third kappa shape index (κ3) is 4.68. The zero-order valence-corrected chi connectivity index (χ0v) is 14.6. The summed E-state index contributed by atoms with van der Waals surface area (Å²) in [5.74, 6) is 0. The molecule has 0 saturated heterocycles. The zero-order valence-electron chi connectivity index (χ0n) is 14.6. The number of nitrogens with zero attached hydrogens (tertiary/aromatic N) is 1. The van der Waals surface area contributed by atoms with Gasteiger partial charge in [-0.2, -0.15) is 5.48 Å². The molecule has 1 heterocycles. The number of fused-ring (bicyclic) bond motifs is 1. The number of nitrogens with one attached hydrogen (secondary N) is 1. The van der Waals surface area contributed by atoms with Crippen LogP contribution in [0.1, 0.15) is 45.2 Å². The normalized spacial score (nSPS) is 16.9. The molecule has 2 rings (SSSR count). The number of aliphatic hydroxyl groups excluding tert-OH is 1. The molecule has 0 spiro atoms. The van der Waals surface area contributed by atoms with E-state index in [4.69, 9.17) is 0 Å². The molecule has 1 atom stereocenters. The molecule has 0 aromatic heterocycles. The molecule has 1 unspecified atom stereocenters. The minimum atomic E-state index is -0.0425. The van der Waals surface area contributed by atoms with Gasteiger partial charge in [0.1, 0.15) is 0 Å². The topological polar surface area (TPSA) is 72.3 Å². The van der Waals surface area contributed by atoms with E-state index in [9.17, 15) is 10.3 Å². The highest BCUT2D eigenvalue weighted by molar-refractivity contribution is 5.62. The Balaban J connectivity index is 0.00000116. The summed E-state index contributed by atoms with van der Waals surface area (Å²) in [4.78, 5) is 2.34. The quantitative estimate of drug-likeness (QED) is 0.495. The highest BCUT2D eigenvalue weighted by Gasteiger charge is 2.22. The SMILES string of the molecule is CC.CC(C)N(C)CC1CCc2cc(CO)c([NH2+]O)cc2N1. The molecule has 0 radical (unpaired) electrons. The Hall–Kier alpha value is -1.14. The predicted octanol–water partition coefficient (Wildman–Crippen LogP) is 1.86. The van der Waals surface area contributed by atoms with Gasteiger partial charge in [-0.25, -0.2) is 5.21 Å².